The molecule has 0 spiro atoms. The zero-order chi connectivity index (χ0) is 12.3. The Bertz CT molecular complexity index is 561. The number of rotatable bonds is 3. The highest BCUT2D eigenvalue weighted by atomic mass is 79.9. The van der Waals surface area contributed by atoms with Gasteiger partial charge in [0, 0.05) is 11.0 Å². The number of nitrogens with zero attached hydrogens (tertiary/aromatic N) is 2. The lowest BCUT2D eigenvalue weighted by Crippen LogP contribution is -2.07. The second kappa shape index (κ2) is 5.52. The Morgan fingerprint density at radius 1 is 1.41 bits per heavy atom. The van der Waals surface area contributed by atoms with E-state index in [9.17, 15) is 4.79 Å². The van der Waals surface area contributed by atoms with Crippen LogP contribution < -0.4 is 5.32 Å². The molecule has 2 heterocycles. The summed E-state index contributed by atoms with van der Waals surface area (Å²) < 4.78 is 1.04. The van der Waals surface area contributed by atoms with E-state index < -0.39 is 0 Å². The number of hydrogen-bond acceptors (Lipinski definition) is 5. The Morgan fingerprint density at radius 3 is 2.82 bits per heavy atom. The Morgan fingerprint density at radius 2 is 2.24 bits per heavy atom. The summed E-state index contributed by atoms with van der Waals surface area (Å²) in [6.45, 7) is 1.84. The van der Waals surface area contributed by atoms with Crippen LogP contribution in [0.25, 0.3) is 6.08 Å². The average molecular weight is 330 g/mol. The number of anilines is 1. The monoisotopic (exact) mass is 329 g/mol. The summed E-state index contributed by atoms with van der Waals surface area (Å²) in [5, 5.41) is 11.6. The number of nitrogens with one attached hydrogen (secondary N) is 1. The van der Waals surface area contributed by atoms with E-state index in [1.807, 2.05) is 19.1 Å². The van der Waals surface area contributed by atoms with Gasteiger partial charge in [-0.15, -0.1) is 21.5 Å². The molecule has 0 atom stereocenters. The molecule has 7 heteroatoms. The van der Waals surface area contributed by atoms with Crippen molar-refractivity contribution in [3.8, 4) is 0 Å². The number of aryl methyl sites for hydroxylation is 1. The van der Waals surface area contributed by atoms with Gasteiger partial charge in [-0.05, 0) is 41.1 Å². The Hall–Kier alpha value is -1.05. The SMILES string of the molecule is Cc1nnc(NC(=O)C=Cc2ccc(Br)s2)s1. The predicted molar refractivity (Wildman–Crippen MR) is 74.3 cm³/mol. The van der Waals surface area contributed by atoms with E-state index in [0.29, 0.717) is 5.13 Å². The van der Waals surface area contributed by atoms with Gasteiger partial charge >= 0.3 is 0 Å². The molecule has 2 aromatic heterocycles. The highest BCUT2D eigenvalue weighted by Gasteiger charge is 2.03. The van der Waals surface area contributed by atoms with E-state index in [1.165, 1.54) is 17.4 Å². The lowest BCUT2D eigenvalue weighted by atomic mass is 10.4. The molecule has 0 unspecified atom stereocenters. The van der Waals surface area contributed by atoms with E-state index in [2.05, 4.69) is 31.4 Å². The van der Waals surface area contributed by atoms with Crippen molar-refractivity contribution in [1.29, 1.82) is 0 Å². The molecular formula is C10H8BrN3OS2. The number of aromatic nitrogens is 2. The molecule has 0 saturated carbocycles. The van der Waals surface area contributed by atoms with Crippen LogP contribution in [0.1, 0.15) is 9.88 Å². The number of thiophene rings is 1. The first-order valence-corrected chi connectivity index (χ1v) is 7.10. The maximum absolute atomic E-state index is 11.5. The molecule has 0 bridgehead atoms. The van der Waals surface area contributed by atoms with Gasteiger partial charge in [0.15, 0.2) is 0 Å². The second-order valence-electron chi connectivity index (χ2n) is 3.09. The molecule has 0 aliphatic rings. The molecule has 0 aromatic carbocycles. The van der Waals surface area contributed by atoms with E-state index in [4.69, 9.17) is 0 Å². The summed E-state index contributed by atoms with van der Waals surface area (Å²) in [5.41, 5.74) is 0. The quantitative estimate of drug-likeness (QED) is 0.879. The molecule has 0 aliphatic heterocycles. The zero-order valence-corrected chi connectivity index (χ0v) is 12.0. The van der Waals surface area contributed by atoms with Gasteiger partial charge in [0.05, 0.1) is 3.79 Å². The molecule has 4 nitrogen and oxygen atoms in total. The van der Waals surface area contributed by atoms with Crippen molar-refractivity contribution < 1.29 is 4.79 Å². The van der Waals surface area contributed by atoms with Crippen molar-refractivity contribution in [2.75, 3.05) is 5.32 Å². The molecule has 88 valence electrons. The van der Waals surface area contributed by atoms with E-state index in [0.717, 1.165) is 13.7 Å². The van der Waals surface area contributed by atoms with Gasteiger partial charge in [-0.1, -0.05) is 11.3 Å². The van der Waals surface area contributed by atoms with Crippen LogP contribution in [0.5, 0.6) is 0 Å². The number of amides is 1. The van der Waals surface area contributed by atoms with Gasteiger partial charge in [-0.2, -0.15) is 0 Å². The van der Waals surface area contributed by atoms with E-state index in [1.54, 1.807) is 17.4 Å². The number of carbonyl (C=O) groups excluding carboxylic acids is 1. The molecule has 0 radical (unpaired) electrons. The lowest BCUT2D eigenvalue weighted by molar-refractivity contribution is -0.111. The first-order chi connectivity index (χ1) is 8.13. The summed E-state index contributed by atoms with van der Waals surface area (Å²) in [6.07, 6.45) is 3.24. The lowest BCUT2D eigenvalue weighted by Gasteiger charge is -1.93. The Labute approximate surface area is 115 Å². The maximum Gasteiger partial charge on any atom is 0.250 e. The summed E-state index contributed by atoms with van der Waals surface area (Å²) in [5.74, 6) is -0.203. The fraction of sp³-hybridized carbons (Fsp3) is 0.100. The summed E-state index contributed by atoms with van der Waals surface area (Å²) in [6, 6.07) is 3.88. The Kier molecular flexibility index (Phi) is 4.03. The maximum atomic E-state index is 11.5. The predicted octanol–water partition coefficient (Wildman–Crippen LogP) is 3.32. The molecule has 17 heavy (non-hydrogen) atoms. The van der Waals surface area contributed by atoms with Crippen LogP contribution in [-0.2, 0) is 4.79 Å². The smallest absolute Gasteiger partial charge is 0.250 e. The van der Waals surface area contributed by atoms with Crippen LogP contribution in [0.4, 0.5) is 5.13 Å². The summed E-state index contributed by atoms with van der Waals surface area (Å²) in [7, 11) is 0. The number of carbonyl (C=O) groups is 1. The van der Waals surface area contributed by atoms with Crippen LogP contribution in [0.2, 0.25) is 0 Å². The standard InChI is InChI=1S/C10H8BrN3OS2/c1-6-13-14-10(16-6)12-9(15)5-3-7-2-4-8(11)17-7/h2-5H,1H3,(H,12,14,15). The van der Waals surface area contributed by atoms with Crippen LogP contribution in [0.15, 0.2) is 22.0 Å². The van der Waals surface area contributed by atoms with E-state index in [-0.39, 0.29) is 5.91 Å². The van der Waals surface area contributed by atoms with Gasteiger partial charge in [0.1, 0.15) is 5.01 Å². The minimum Gasteiger partial charge on any atom is -0.297 e. The van der Waals surface area contributed by atoms with Crippen molar-refractivity contribution in [3.05, 3.63) is 31.9 Å². The van der Waals surface area contributed by atoms with Crippen molar-refractivity contribution in [1.82, 2.24) is 10.2 Å². The first-order valence-electron chi connectivity index (χ1n) is 4.68. The third-order valence-corrected chi connectivity index (χ3v) is 4.09. The fourth-order valence-electron chi connectivity index (χ4n) is 1.07. The first kappa shape index (κ1) is 12.4. The van der Waals surface area contributed by atoms with Gasteiger partial charge < -0.3 is 0 Å². The van der Waals surface area contributed by atoms with Gasteiger partial charge in [0.25, 0.3) is 0 Å². The zero-order valence-electron chi connectivity index (χ0n) is 8.81. The average Bonchev–Trinajstić information content (AvgIpc) is 2.85. The third kappa shape index (κ3) is 3.72. The molecule has 1 N–H and O–H groups in total. The van der Waals surface area contributed by atoms with Crippen LogP contribution in [0, 0.1) is 6.92 Å². The topological polar surface area (TPSA) is 54.9 Å². The molecule has 0 aliphatic carbocycles. The van der Waals surface area contributed by atoms with Gasteiger partial charge in [-0.3, -0.25) is 10.1 Å². The largest absolute Gasteiger partial charge is 0.297 e. The van der Waals surface area contributed by atoms with Crippen LogP contribution in [0.3, 0.4) is 0 Å². The highest BCUT2D eigenvalue weighted by Crippen LogP contribution is 2.23. The second-order valence-corrected chi connectivity index (χ2v) is 6.77. The van der Waals surface area contributed by atoms with Crippen LogP contribution >= 0.6 is 38.6 Å². The highest BCUT2D eigenvalue weighted by molar-refractivity contribution is 9.11. The third-order valence-electron chi connectivity index (χ3n) is 1.75. The Balaban J connectivity index is 1.95. The van der Waals surface area contributed by atoms with E-state index >= 15 is 0 Å². The molecule has 2 rings (SSSR count). The molecular weight excluding hydrogens is 322 g/mol. The van der Waals surface area contributed by atoms with Crippen molar-refractivity contribution in [3.63, 3.8) is 0 Å². The normalized spacial score (nSPS) is 10.9. The molecule has 1 amide bonds. The molecule has 0 fully saturated rings. The number of hydrogen-bond donors (Lipinski definition) is 1. The fourth-order valence-corrected chi connectivity index (χ4v) is 2.99. The summed E-state index contributed by atoms with van der Waals surface area (Å²) in [4.78, 5) is 12.6. The molecule has 0 saturated heterocycles. The van der Waals surface area contributed by atoms with Crippen molar-refractivity contribution in [2.24, 2.45) is 0 Å². The van der Waals surface area contributed by atoms with Gasteiger partial charge in [0.2, 0.25) is 11.0 Å². The minimum atomic E-state index is -0.203. The van der Waals surface area contributed by atoms with Crippen molar-refractivity contribution in [2.45, 2.75) is 6.92 Å². The minimum absolute atomic E-state index is 0.203. The van der Waals surface area contributed by atoms with Crippen LogP contribution in [-0.4, -0.2) is 16.1 Å². The van der Waals surface area contributed by atoms with Crippen molar-refractivity contribution >= 4 is 55.7 Å². The molecule has 2 aromatic rings. The number of halogens is 1. The van der Waals surface area contributed by atoms with Gasteiger partial charge in [-0.25, -0.2) is 0 Å². The summed E-state index contributed by atoms with van der Waals surface area (Å²) >= 11 is 6.28.